The smallest absolute Gasteiger partial charge is 0.346 e. The molecule has 2 rings (SSSR count). The standard InChI is InChI=1S/C12H11NO2.C6H6/c1-2-9-3-5-10(6-4-9)7-11(8-13)12(14)15;1-2-4-6-5-3-1/h3-7H,2H2,1H3,(H,14,15);1-6H. The molecule has 106 valence electrons. The molecule has 0 bridgehead atoms. The Bertz CT molecular complexity index is 596. The maximum atomic E-state index is 10.6. The van der Waals surface area contributed by atoms with Crippen molar-refractivity contribution in [2.24, 2.45) is 0 Å². The molecule has 3 nitrogen and oxygen atoms in total. The SMILES string of the molecule is CCc1ccc(C=C(C#N)C(=O)O)cc1.c1ccccc1. The van der Waals surface area contributed by atoms with Crippen LogP contribution in [0.3, 0.4) is 0 Å². The number of carboxylic acid groups (broad SMARTS) is 1. The summed E-state index contributed by atoms with van der Waals surface area (Å²) in [5.41, 5.74) is 1.66. The van der Waals surface area contributed by atoms with E-state index < -0.39 is 5.97 Å². The Morgan fingerprint density at radius 3 is 1.90 bits per heavy atom. The zero-order chi connectivity index (χ0) is 15.5. The highest BCUT2D eigenvalue weighted by Crippen LogP contribution is 2.09. The van der Waals surface area contributed by atoms with Crippen molar-refractivity contribution in [1.82, 2.24) is 0 Å². The normalized spacial score (nSPS) is 10.0. The van der Waals surface area contributed by atoms with Crippen LogP contribution in [0.5, 0.6) is 0 Å². The summed E-state index contributed by atoms with van der Waals surface area (Å²) >= 11 is 0. The van der Waals surface area contributed by atoms with E-state index in [1.54, 1.807) is 18.2 Å². The maximum absolute atomic E-state index is 10.6. The fraction of sp³-hybridized carbons (Fsp3) is 0.111. The molecule has 0 radical (unpaired) electrons. The summed E-state index contributed by atoms with van der Waals surface area (Å²) in [7, 11) is 0. The molecular weight excluding hydrogens is 262 g/mol. The lowest BCUT2D eigenvalue weighted by Gasteiger charge is -1.97. The molecule has 0 atom stereocenters. The third kappa shape index (κ3) is 6.22. The number of hydrogen-bond donors (Lipinski definition) is 1. The Morgan fingerprint density at radius 1 is 1.10 bits per heavy atom. The molecule has 1 N–H and O–H groups in total. The van der Waals surface area contributed by atoms with Crippen LogP contribution in [0.1, 0.15) is 18.1 Å². The summed E-state index contributed by atoms with van der Waals surface area (Å²) < 4.78 is 0. The third-order valence-electron chi connectivity index (χ3n) is 2.72. The minimum atomic E-state index is -1.20. The average molecular weight is 279 g/mol. The second-order valence-corrected chi connectivity index (χ2v) is 4.22. The Kier molecular flexibility index (Phi) is 7.02. The van der Waals surface area contributed by atoms with Crippen LogP contribution in [0.25, 0.3) is 6.08 Å². The molecule has 0 fully saturated rings. The lowest BCUT2D eigenvalue weighted by atomic mass is 10.1. The number of hydrogen-bond acceptors (Lipinski definition) is 2. The van der Waals surface area contributed by atoms with Gasteiger partial charge in [0.05, 0.1) is 0 Å². The molecule has 0 spiro atoms. The first-order valence-electron chi connectivity index (χ1n) is 6.61. The summed E-state index contributed by atoms with van der Waals surface area (Å²) in [5.74, 6) is -1.20. The predicted molar refractivity (Wildman–Crippen MR) is 83.5 cm³/mol. The van der Waals surface area contributed by atoms with Crippen molar-refractivity contribution in [2.45, 2.75) is 13.3 Å². The lowest BCUT2D eigenvalue weighted by molar-refractivity contribution is -0.132. The van der Waals surface area contributed by atoms with Crippen LogP contribution >= 0.6 is 0 Å². The number of benzene rings is 2. The number of carboxylic acids is 1. The minimum Gasteiger partial charge on any atom is -0.477 e. The number of carbonyl (C=O) groups is 1. The lowest BCUT2D eigenvalue weighted by Crippen LogP contribution is -1.97. The first-order valence-corrected chi connectivity index (χ1v) is 6.61. The van der Waals surface area contributed by atoms with E-state index in [9.17, 15) is 4.79 Å². The van der Waals surface area contributed by atoms with E-state index >= 15 is 0 Å². The zero-order valence-corrected chi connectivity index (χ0v) is 11.9. The van der Waals surface area contributed by atoms with Gasteiger partial charge in [0.1, 0.15) is 11.6 Å². The van der Waals surface area contributed by atoms with Crippen LogP contribution in [-0.4, -0.2) is 11.1 Å². The minimum absolute atomic E-state index is 0.251. The average Bonchev–Trinajstić information content (AvgIpc) is 2.55. The van der Waals surface area contributed by atoms with Crippen molar-refractivity contribution in [1.29, 1.82) is 5.26 Å². The zero-order valence-electron chi connectivity index (χ0n) is 11.9. The summed E-state index contributed by atoms with van der Waals surface area (Å²) in [4.78, 5) is 10.6. The van der Waals surface area contributed by atoms with Crippen molar-refractivity contribution >= 4 is 12.0 Å². The van der Waals surface area contributed by atoms with E-state index in [4.69, 9.17) is 10.4 Å². The van der Waals surface area contributed by atoms with Crippen molar-refractivity contribution in [2.75, 3.05) is 0 Å². The highest BCUT2D eigenvalue weighted by Gasteiger charge is 2.04. The number of rotatable bonds is 3. The summed E-state index contributed by atoms with van der Waals surface area (Å²) in [6.45, 7) is 2.04. The number of nitrogens with zero attached hydrogens (tertiary/aromatic N) is 1. The van der Waals surface area contributed by atoms with E-state index in [2.05, 4.69) is 0 Å². The van der Waals surface area contributed by atoms with Crippen LogP contribution in [0.15, 0.2) is 66.2 Å². The molecule has 3 heteroatoms. The predicted octanol–water partition coefficient (Wildman–Crippen LogP) is 3.93. The fourth-order valence-corrected chi connectivity index (χ4v) is 1.54. The second kappa shape index (κ2) is 9.11. The van der Waals surface area contributed by atoms with Gasteiger partial charge < -0.3 is 5.11 Å². The van der Waals surface area contributed by atoms with Crippen molar-refractivity contribution in [3.8, 4) is 6.07 Å². The number of aliphatic carboxylic acids is 1. The molecule has 0 saturated carbocycles. The van der Waals surface area contributed by atoms with E-state index in [1.165, 1.54) is 11.6 Å². The molecule has 21 heavy (non-hydrogen) atoms. The van der Waals surface area contributed by atoms with E-state index in [-0.39, 0.29) is 5.57 Å². The number of nitriles is 1. The van der Waals surface area contributed by atoms with Crippen molar-refractivity contribution in [3.05, 3.63) is 77.4 Å². The van der Waals surface area contributed by atoms with E-state index in [0.717, 1.165) is 12.0 Å². The topological polar surface area (TPSA) is 61.1 Å². The second-order valence-electron chi connectivity index (χ2n) is 4.22. The van der Waals surface area contributed by atoms with Crippen LogP contribution < -0.4 is 0 Å². The van der Waals surface area contributed by atoms with Crippen LogP contribution in [0, 0.1) is 11.3 Å². The van der Waals surface area contributed by atoms with Crippen LogP contribution in [0.4, 0.5) is 0 Å². The monoisotopic (exact) mass is 279 g/mol. The van der Waals surface area contributed by atoms with Gasteiger partial charge in [0.2, 0.25) is 0 Å². The van der Waals surface area contributed by atoms with Gasteiger partial charge in [-0.3, -0.25) is 0 Å². The van der Waals surface area contributed by atoms with Gasteiger partial charge in [0, 0.05) is 0 Å². The summed E-state index contributed by atoms with van der Waals surface area (Å²) in [5, 5.41) is 17.2. The van der Waals surface area contributed by atoms with Gasteiger partial charge >= 0.3 is 5.97 Å². The Balaban J connectivity index is 0.000000304. The van der Waals surface area contributed by atoms with Crippen LogP contribution in [-0.2, 0) is 11.2 Å². The van der Waals surface area contributed by atoms with Crippen LogP contribution in [0.2, 0.25) is 0 Å². The molecule has 0 saturated heterocycles. The molecule has 0 aliphatic carbocycles. The van der Waals surface area contributed by atoms with Gasteiger partial charge in [-0.2, -0.15) is 5.26 Å². The van der Waals surface area contributed by atoms with Gasteiger partial charge in [-0.05, 0) is 23.6 Å². The number of aryl methyl sites for hydroxylation is 1. The maximum Gasteiger partial charge on any atom is 0.346 e. The summed E-state index contributed by atoms with van der Waals surface area (Å²) in [6, 6.07) is 21.1. The molecule has 0 aliphatic heterocycles. The largest absolute Gasteiger partial charge is 0.477 e. The van der Waals surface area contributed by atoms with Gasteiger partial charge in [-0.25, -0.2) is 4.79 Å². The van der Waals surface area contributed by atoms with Gasteiger partial charge in [-0.15, -0.1) is 0 Å². The van der Waals surface area contributed by atoms with Gasteiger partial charge in [0.25, 0.3) is 0 Å². The Labute approximate surface area is 124 Å². The summed E-state index contributed by atoms with van der Waals surface area (Å²) in [6.07, 6.45) is 2.30. The highest BCUT2D eigenvalue weighted by atomic mass is 16.4. The van der Waals surface area contributed by atoms with Gasteiger partial charge in [-0.1, -0.05) is 67.6 Å². The van der Waals surface area contributed by atoms with Crippen molar-refractivity contribution < 1.29 is 9.90 Å². The van der Waals surface area contributed by atoms with Gasteiger partial charge in [0.15, 0.2) is 0 Å². The first kappa shape index (κ1) is 16.2. The molecular formula is C18H17NO2. The molecule has 2 aromatic carbocycles. The molecule has 0 aromatic heterocycles. The molecule has 0 aliphatic rings. The highest BCUT2D eigenvalue weighted by molar-refractivity contribution is 5.96. The van der Waals surface area contributed by atoms with Crippen molar-refractivity contribution in [3.63, 3.8) is 0 Å². The Morgan fingerprint density at radius 2 is 1.57 bits per heavy atom. The quantitative estimate of drug-likeness (QED) is 0.684. The van der Waals surface area contributed by atoms with E-state index in [0.29, 0.717) is 0 Å². The van der Waals surface area contributed by atoms with E-state index in [1.807, 2.05) is 55.5 Å². The third-order valence-corrected chi connectivity index (χ3v) is 2.72. The first-order chi connectivity index (χ1) is 10.2. The molecule has 0 unspecified atom stereocenters. The fourth-order valence-electron chi connectivity index (χ4n) is 1.54. The molecule has 0 amide bonds. The molecule has 2 aromatic rings. The Hall–Kier alpha value is -2.86. The molecule has 0 heterocycles.